The van der Waals surface area contributed by atoms with Crippen LogP contribution in [-0.4, -0.2) is 50.6 Å². The van der Waals surface area contributed by atoms with Crippen LogP contribution in [0.1, 0.15) is 53.2 Å². The topological polar surface area (TPSA) is 105 Å². The summed E-state index contributed by atoms with van der Waals surface area (Å²) in [6.07, 6.45) is 3.95. The Hall–Kier alpha value is -2.49. The van der Waals surface area contributed by atoms with E-state index in [0.29, 0.717) is 17.6 Å². The minimum absolute atomic E-state index is 0.382. The molecule has 0 unspecified atom stereocenters. The van der Waals surface area contributed by atoms with E-state index in [0.717, 1.165) is 31.2 Å². The number of urea groups is 1. The normalized spacial score (nSPS) is 18.0. The number of nitrogens with one attached hydrogen (secondary N) is 2. The molecule has 3 rings (SSSR count). The van der Waals surface area contributed by atoms with Crippen LogP contribution >= 0.6 is 11.8 Å². The van der Waals surface area contributed by atoms with E-state index in [4.69, 9.17) is 4.42 Å². The number of furan rings is 1. The van der Waals surface area contributed by atoms with E-state index in [9.17, 15) is 9.59 Å². The highest BCUT2D eigenvalue weighted by atomic mass is 32.2. The summed E-state index contributed by atoms with van der Waals surface area (Å²) in [5, 5.41) is 14.0. The van der Waals surface area contributed by atoms with Crippen LogP contribution in [0.3, 0.4) is 0 Å². The average Bonchev–Trinajstić information content (AvgIpc) is 3.31. The first-order chi connectivity index (χ1) is 14.6. The number of piperidine rings is 1. The number of amides is 3. The molecule has 0 saturated carbocycles. The van der Waals surface area contributed by atoms with Crippen molar-refractivity contribution in [3.05, 3.63) is 24.2 Å². The Labute approximate surface area is 187 Å². The van der Waals surface area contributed by atoms with E-state index in [1.165, 1.54) is 18.2 Å². The first-order valence-electron chi connectivity index (χ1n) is 10.6. The van der Waals surface area contributed by atoms with Crippen LogP contribution in [0.25, 0.3) is 0 Å². The SMILES string of the molecule is C[C@@H]1CCCN(c2nnc(S[C@@H](C)C(=O)NC(=O)NC(C)(C)C)n2Cc2ccco2)C1. The van der Waals surface area contributed by atoms with Gasteiger partial charge in [-0.15, -0.1) is 10.2 Å². The molecule has 0 radical (unpaired) electrons. The van der Waals surface area contributed by atoms with E-state index in [1.54, 1.807) is 13.2 Å². The standard InChI is InChI=1S/C21H32N6O3S/c1-14-8-6-10-26(12-14)19-24-25-20(27(19)13-16-9-7-11-30-16)31-15(2)17(28)22-18(29)23-21(3,4)5/h7,9,11,14-15H,6,8,10,12-13H2,1-5H3,(H2,22,23,28,29)/t14-,15+/m1/s1. The lowest BCUT2D eigenvalue weighted by molar-refractivity contribution is -0.119. The molecule has 1 saturated heterocycles. The Bertz CT molecular complexity index is 890. The van der Waals surface area contributed by atoms with Gasteiger partial charge in [-0.2, -0.15) is 0 Å². The fraction of sp³-hybridized carbons (Fsp3) is 0.619. The second kappa shape index (κ2) is 9.76. The summed E-state index contributed by atoms with van der Waals surface area (Å²) in [6.45, 7) is 11.9. The van der Waals surface area contributed by atoms with Gasteiger partial charge in [0.25, 0.3) is 0 Å². The second-order valence-electron chi connectivity index (χ2n) is 9.09. The fourth-order valence-electron chi connectivity index (χ4n) is 3.47. The molecule has 0 spiro atoms. The molecule has 3 heterocycles. The number of nitrogens with zero attached hydrogens (tertiary/aromatic N) is 4. The molecule has 2 N–H and O–H groups in total. The number of carbonyl (C=O) groups is 2. The van der Waals surface area contributed by atoms with Crippen LogP contribution < -0.4 is 15.5 Å². The summed E-state index contributed by atoms with van der Waals surface area (Å²) >= 11 is 1.27. The van der Waals surface area contributed by atoms with Gasteiger partial charge in [0.15, 0.2) is 5.16 Å². The minimum atomic E-state index is -0.529. The van der Waals surface area contributed by atoms with Crippen molar-refractivity contribution in [3.8, 4) is 0 Å². The van der Waals surface area contributed by atoms with Crippen molar-refractivity contribution in [2.45, 2.75) is 70.0 Å². The van der Waals surface area contributed by atoms with Gasteiger partial charge in [-0.3, -0.25) is 14.7 Å². The van der Waals surface area contributed by atoms with Gasteiger partial charge in [-0.25, -0.2) is 4.79 Å². The van der Waals surface area contributed by atoms with E-state index in [-0.39, 0.29) is 5.91 Å². The summed E-state index contributed by atoms with van der Waals surface area (Å²) in [5.41, 5.74) is -0.426. The number of anilines is 1. The third kappa shape index (κ3) is 6.49. The Kier molecular flexibility index (Phi) is 7.30. The smallest absolute Gasteiger partial charge is 0.321 e. The van der Waals surface area contributed by atoms with E-state index >= 15 is 0 Å². The Morgan fingerprint density at radius 1 is 1.35 bits per heavy atom. The monoisotopic (exact) mass is 448 g/mol. The molecule has 0 aromatic carbocycles. The van der Waals surface area contributed by atoms with Crippen LogP contribution in [0.2, 0.25) is 0 Å². The molecule has 2 aromatic heterocycles. The predicted octanol–water partition coefficient (Wildman–Crippen LogP) is 3.26. The molecule has 10 heteroatoms. The zero-order chi connectivity index (χ0) is 22.6. The van der Waals surface area contributed by atoms with Gasteiger partial charge in [-0.1, -0.05) is 18.7 Å². The maximum Gasteiger partial charge on any atom is 0.321 e. The van der Waals surface area contributed by atoms with Crippen molar-refractivity contribution in [1.29, 1.82) is 0 Å². The molecule has 0 bridgehead atoms. The van der Waals surface area contributed by atoms with Crippen LogP contribution in [0.15, 0.2) is 28.0 Å². The van der Waals surface area contributed by atoms with Gasteiger partial charge < -0.3 is 14.6 Å². The van der Waals surface area contributed by atoms with Gasteiger partial charge in [-0.05, 0) is 58.6 Å². The molecule has 31 heavy (non-hydrogen) atoms. The lowest BCUT2D eigenvalue weighted by Gasteiger charge is -2.31. The minimum Gasteiger partial charge on any atom is -0.467 e. The molecule has 2 atom stereocenters. The molecular formula is C21H32N6O3S. The summed E-state index contributed by atoms with van der Waals surface area (Å²) in [4.78, 5) is 26.8. The third-order valence-electron chi connectivity index (χ3n) is 4.91. The van der Waals surface area contributed by atoms with Crippen molar-refractivity contribution < 1.29 is 14.0 Å². The second-order valence-corrected chi connectivity index (χ2v) is 10.4. The highest BCUT2D eigenvalue weighted by Crippen LogP contribution is 2.29. The molecule has 1 aliphatic rings. The zero-order valence-electron chi connectivity index (χ0n) is 18.8. The molecule has 1 fully saturated rings. The van der Waals surface area contributed by atoms with Crippen molar-refractivity contribution in [3.63, 3.8) is 0 Å². The average molecular weight is 449 g/mol. The summed E-state index contributed by atoms with van der Waals surface area (Å²) < 4.78 is 7.53. The van der Waals surface area contributed by atoms with Gasteiger partial charge in [0.05, 0.1) is 18.1 Å². The largest absolute Gasteiger partial charge is 0.467 e. The molecule has 2 aromatic rings. The van der Waals surface area contributed by atoms with E-state index < -0.39 is 16.8 Å². The molecule has 9 nitrogen and oxygen atoms in total. The first-order valence-corrected chi connectivity index (χ1v) is 11.5. The van der Waals surface area contributed by atoms with E-state index in [1.807, 2.05) is 37.5 Å². The number of imide groups is 1. The highest BCUT2D eigenvalue weighted by molar-refractivity contribution is 8.00. The maximum absolute atomic E-state index is 12.5. The number of thioether (sulfide) groups is 1. The van der Waals surface area contributed by atoms with Crippen molar-refractivity contribution in [1.82, 2.24) is 25.4 Å². The third-order valence-corrected chi connectivity index (χ3v) is 5.99. The number of hydrogen-bond acceptors (Lipinski definition) is 7. The van der Waals surface area contributed by atoms with Gasteiger partial charge >= 0.3 is 6.03 Å². The highest BCUT2D eigenvalue weighted by Gasteiger charge is 2.27. The lowest BCUT2D eigenvalue weighted by atomic mass is 10.0. The Morgan fingerprint density at radius 3 is 2.77 bits per heavy atom. The molecule has 1 aliphatic heterocycles. The summed E-state index contributed by atoms with van der Waals surface area (Å²) in [6, 6.07) is 3.24. The number of rotatable bonds is 6. The molecule has 170 valence electrons. The maximum atomic E-state index is 12.5. The van der Waals surface area contributed by atoms with E-state index in [2.05, 4.69) is 32.7 Å². The van der Waals surface area contributed by atoms with Crippen molar-refractivity contribution in [2.75, 3.05) is 18.0 Å². The van der Waals surface area contributed by atoms with Crippen LogP contribution in [0.5, 0.6) is 0 Å². The van der Waals surface area contributed by atoms with Crippen LogP contribution in [0.4, 0.5) is 10.7 Å². The van der Waals surface area contributed by atoms with Gasteiger partial charge in [0, 0.05) is 18.6 Å². The Morgan fingerprint density at radius 2 is 2.13 bits per heavy atom. The van der Waals surface area contributed by atoms with Gasteiger partial charge in [0.1, 0.15) is 5.76 Å². The summed E-state index contributed by atoms with van der Waals surface area (Å²) in [5.74, 6) is 1.77. The predicted molar refractivity (Wildman–Crippen MR) is 120 cm³/mol. The molecular weight excluding hydrogens is 416 g/mol. The van der Waals surface area contributed by atoms with Crippen molar-refractivity contribution in [2.24, 2.45) is 5.92 Å². The number of hydrogen-bond donors (Lipinski definition) is 2. The zero-order valence-corrected chi connectivity index (χ0v) is 19.7. The number of carbonyl (C=O) groups excluding carboxylic acids is 2. The number of aromatic nitrogens is 3. The lowest BCUT2D eigenvalue weighted by Crippen LogP contribution is -2.49. The molecule has 0 aliphatic carbocycles. The van der Waals surface area contributed by atoms with Crippen LogP contribution in [-0.2, 0) is 11.3 Å². The summed E-state index contributed by atoms with van der Waals surface area (Å²) in [7, 11) is 0. The van der Waals surface area contributed by atoms with Crippen LogP contribution in [0, 0.1) is 5.92 Å². The first kappa shape index (κ1) is 23.2. The van der Waals surface area contributed by atoms with Crippen molar-refractivity contribution >= 4 is 29.6 Å². The Balaban J connectivity index is 1.75. The fourth-order valence-corrected chi connectivity index (χ4v) is 4.31. The molecule has 3 amide bonds. The quantitative estimate of drug-likeness (QED) is 0.654. The van der Waals surface area contributed by atoms with Gasteiger partial charge in [0.2, 0.25) is 11.9 Å².